The number of ether oxygens (including phenoxy) is 1. The maximum Gasteiger partial charge on any atom is 0.235 e. The minimum Gasteiger partial charge on any atom is -0.492 e. The number of para-hydroxylation sites is 1. The molecule has 0 saturated carbocycles. The van der Waals surface area contributed by atoms with Gasteiger partial charge >= 0.3 is 0 Å². The predicted octanol–water partition coefficient (Wildman–Crippen LogP) is 2.85. The van der Waals surface area contributed by atoms with Crippen LogP contribution in [0.15, 0.2) is 42.6 Å². The monoisotopic (exact) mass is 274 g/mol. The smallest absolute Gasteiger partial charge is 0.235 e. The van der Waals surface area contributed by atoms with Crippen LogP contribution in [-0.4, -0.2) is 17.5 Å². The van der Waals surface area contributed by atoms with E-state index in [1.54, 1.807) is 12.1 Å². The molecule has 3 rings (SSSR count). The molecule has 1 unspecified atom stereocenters. The van der Waals surface area contributed by atoms with Crippen molar-refractivity contribution in [3.05, 3.63) is 53.3 Å². The summed E-state index contributed by atoms with van der Waals surface area (Å²) in [6.07, 6.45) is 1.53. The summed E-state index contributed by atoms with van der Waals surface area (Å²) >= 11 is 5.70. The first-order chi connectivity index (χ1) is 9.24. The highest BCUT2D eigenvalue weighted by Gasteiger charge is 2.29. The number of nitrogens with one attached hydrogen (secondary N) is 1. The summed E-state index contributed by atoms with van der Waals surface area (Å²) < 4.78 is 5.49. The van der Waals surface area contributed by atoms with Gasteiger partial charge in [0.15, 0.2) is 0 Å². The number of carbonyl (C=O) groups is 1. The van der Waals surface area contributed by atoms with Crippen molar-refractivity contribution in [3.8, 4) is 5.75 Å². The topological polar surface area (TPSA) is 51.2 Å². The van der Waals surface area contributed by atoms with Gasteiger partial charge in [-0.2, -0.15) is 0 Å². The summed E-state index contributed by atoms with van der Waals surface area (Å²) in [6.45, 7) is 0.367. The number of fused-ring (bicyclic) bond motifs is 1. The first kappa shape index (κ1) is 12.0. The third kappa shape index (κ3) is 2.39. The summed E-state index contributed by atoms with van der Waals surface area (Å²) in [4.78, 5) is 16.1. The van der Waals surface area contributed by atoms with Gasteiger partial charge in [0.2, 0.25) is 5.91 Å². The zero-order valence-corrected chi connectivity index (χ0v) is 10.7. The third-order valence-electron chi connectivity index (χ3n) is 3.01. The molecule has 1 aliphatic rings. The van der Waals surface area contributed by atoms with Crippen LogP contribution < -0.4 is 10.1 Å². The zero-order valence-electron chi connectivity index (χ0n) is 9.97. The van der Waals surface area contributed by atoms with Crippen LogP contribution >= 0.6 is 11.6 Å². The number of pyridine rings is 1. The van der Waals surface area contributed by atoms with Crippen molar-refractivity contribution in [1.82, 2.24) is 4.98 Å². The number of hydrogen-bond acceptors (Lipinski definition) is 3. The van der Waals surface area contributed by atoms with Gasteiger partial charge in [0.05, 0.1) is 11.9 Å². The summed E-state index contributed by atoms with van der Waals surface area (Å²) in [7, 11) is 0. The lowest BCUT2D eigenvalue weighted by molar-refractivity contribution is -0.117. The number of amides is 1. The Labute approximate surface area is 115 Å². The zero-order chi connectivity index (χ0) is 13.2. The highest BCUT2D eigenvalue weighted by molar-refractivity contribution is 6.29. The standard InChI is InChI=1S/C14H11ClN2O2/c15-13-6-5-9(7-16-13)17-14(18)11-8-19-12-4-2-1-3-10(11)12/h1-7,11H,8H2,(H,17,18). The molecule has 4 nitrogen and oxygen atoms in total. The number of carbonyl (C=O) groups excluding carboxylic acids is 1. The fraction of sp³-hybridized carbons (Fsp3) is 0.143. The minimum absolute atomic E-state index is 0.103. The van der Waals surface area contributed by atoms with E-state index in [9.17, 15) is 4.79 Å². The summed E-state index contributed by atoms with van der Waals surface area (Å²) in [5.41, 5.74) is 1.54. The molecule has 0 saturated heterocycles. The van der Waals surface area contributed by atoms with Gasteiger partial charge in [-0.3, -0.25) is 4.79 Å². The minimum atomic E-state index is -0.285. The molecular weight excluding hydrogens is 264 g/mol. The number of anilines is 1. The van der Waals surface area contributed by atoms with Crippen LogP contribution in [0.5, 0.6) is 5.75 Å². The van der Waals surface area contributed by atoms with E-state index < -0.39 is 0 Å². The highest BCUT2D eigenvalue weighted by Crippen LogP contribution is 2.34. The van der Waals surface area contributed by atoms with Gasteiger partial charge in [0.25, 0.3) is 0 Å². The molecule has 1 aromatic carbocycles. The van der Waals surface area contributed by atoms with Crippen LogP contribution in [0, 0.1) is 0 Å². The molecule has 0 bridgehead atoms. The van der Waals surface area contributed by atoms with Crippen LogP contribution in [0.2, 0.25) is 5.15 Å². The van der Waals surface area contributed by atoms with E-state index in [1.165, 1.54) is 6.20 Å². The number of benzene rings is 1. The Kier molecular flexibility index (Phi) is 3.09. The maximum atomic E-state index is 12.2. The van der Waals surface area contributed by atoms with Crippen LogP contribution in [0.1, 0.15) is 11.5 Å². The Morgan fingerprint density at radius 2 is 2.16 bits per heavy atom. The molecule has 1 aromatic heterocycles. The van der Waals surface area contributed by atoms with E-state index in [4.69, 9.17) is 16.3 Å². The first-order valence-corrected chi connectivity index (χ1v) is 6.26. The van der Waals surface area contributed by atoms with Gasteiger partial charge in [0, 0.05) is 5.56 Å². The van der Waals surface area contributed by atoms with Crippen molar-refractivity contribution in [2.24, 2.45) is 0 Å². The van der Waals surface area contributed by atoms with Crippen LogP contribution in [-0.2, 0) is 4.79 Å². The van der Waals surface area contributed by atoms with E-state index in [0.717, 1.165) is 11.3 Å². The van der Waals surface area contributed by atoms with Crippen molar-refractivity contribution in [2.45, 2.75) is 5.92 Å². The quantitative estimate of drug-likeness (QED) is 0.857. The van der Waals surface area contributed by atoms with Gasteiger partial charge in [0.1, 0.15) is 23.4 Å². The first-order valence-electron chi connectivity index (χ1n) is 5.88. The maximum absolute atomic E-state index is 12.2. The Morgan fingerprint density at radius 3 is 2.95 bits per heavy atom. The fourth-order valence-corrected chi connectivity index (χ4v) is 2.17. The summed E-state index contributed by atoms with van der Waals surface area (Å²) in [6, 6.07) is 10.9. The van der Waals surface area contributed by atoms with Gasteiger partial charge < -0.3 is 10.1 Å². The SMILES string of the molecule is O=C(Nc1ccc(Cl)nc1)C1COc2ccccc21. The van der Waals surface area contributed by atoms with E-state index in [0.29, 0.717) is 17.4 Å². The van der Waals surface area contributed by atoms with Crippen molar-refractivity contribution < 1.29 is 9.53 Å². The lowest BCUT2D eigenvalue weighted by Gasteiger charge is -2.09. The average molecular weight is 275 g/mol. The molecule has 19 heavy (non-hydrogen) atoms. The molecule has 1 N–H and O–H groups in total. The largest absolute Gasteiger partial charge is 0.492 e. The molecule has 2 aromatic rings. The van der Waals surface area contributed by atoms with Gasteiger partial charge in [-0.25, -0.2) is 4.98 Å². The average Bonchev–Trinajstić information content (AvgIpc) is 2.85. The number of rotatable bonds is 2. The Hall–Kier alpha value is -2.07. The molecule has 0 fully saturated rings. The van der Waals surface area contributed by atoms with Crippen LogP contribution in [0.4, 0.5) is 5.69 Å². The molecule has 0 radical (unpaired) electrons. The summed E-state index contributed by atoms with van der Waals surface area (Å²) in [5.74, 6) is 0.387. The Morgan fingerprint density at radius 1 is 1.32 bits per heavy atom. The predicted molar refractivity (Wildman–Crippen MR) is 72.6 cm³/mol. The van der Waals surface area contributed by atoms with Crippen molar-refractivity contribution in [3.63, 3.8) is 0 Å². The lowest BCUT2D eigenvalue weighted by Crippen LogP contribution is -2.22. The third-order valence-corrected chi connectivity index (χ3v) is 3.23. The molecular formula is C14H11ClN2O2. The summed E-state index contributed by atoms with van der Waals surface area (Å²) in [5, 5.41) is 3.21. The molecule has 1 amide bonds. The fourth-order valence-electron chi connectivity index (χ4n) is 2.06. The Bertz CT molecular complexity index is 613. The molecule has 1 aliphatic heterocycles. The van der Waals surface area contributed by atoms with Crippen molar-refractivity contribution in [2.75, 3.05) is 11.9 Å². The molecule has 96 valence electrons. The van der Waals surface area contributed by atoms with E-state index in [2.05, 4.69) is 10.3 Å². The molecule has 1 atom stereocenters. The number of nitrogens with zero attached hydrogens (tertiary/aromatic N) is 1. The normalized spacial score (nSPS) is 16.6. The van der Waals surface area contributed by atoms with E-state index in [1.807, 2.05) is 24.3 Å². The molecule has 0 spiro atoms. The lowest BCUT2D eigenvalue weighted by atomic mass is 10.0. The van der Waals surface area contributed by atoms with E-state index >= 15 is 0 Å². The molecule has 5 heteroatoms. The van der Waals surface area contributed by atoms with Gasteiger partial charge in [-0.15, -0.1) is 0 Å². The van der Waals surface area contributed by atoms with Crippen molar-refractivity contribution >= 4 is 23.2 Å². The molecule has 2 heterocycles. The Balaban J connectivity index is 1.77. The highest BCUT2D eigenvalue weighted by atomic mass is 35.5. The second kappa shape index (κ2) is 4.90. The van der Waals surface area contributed by atoms with Gasteiger partial charge in [-0.1, -0.05) is 29.8 Å². The second-order valence-corrected chi connectivity index (χ2v) is 4.65. The number of aromatic nitrogens is 1. The van der Waals surface area contributed by atoms with Gasteiger partial charge in [-0.05, 0) is 18.2 Å². The van der Waals surface area contributed by atoms with Crippen LogP contribution in [0.25, 0.3) is 0 Å². The van der Waals surface area contributed by atoms with E-state index in [-0.39, 0.29) is 11.8 Å². The second-order valence-electron chi connectivity index (χ2n) is 4.26. The molecule has 0 aliphatic carbocycles. The number of halogens is 1. The van der Waals surface area contributed by atoms with Crippen molar-refractivity contribution in [1.29, 1.82) is 0 Å². The van der Waals surface area contributed by atoms with Crippen LogP contribution in [0.3, 0.4) is 0 Å². The number of hydrogen-bond donors (Lipinski definition) is 1.